The molecule has 0 spiro atoms. The van der Waals surface area contributed by atoms with Gasteiger partial charge in [-0.25, -0.2) is 4.98 Å². The number of carbonyl (C=O) groups is 2. The highest BCUT2D eigenvalue weighted by Gasteiger charge is 2.25. The number of methoxy groups -OCH3 is 1. The van der Waals surface area contributed by atoms with Gasteiger partial charge in [0.15, 0.2) is 5.13 Å². The molecule has 1 atom stereocenters. The average Bonchev–Trinajstić information content (AvgIpc) is 2.96. The number of anilines is 1. The number of amides is 2. The number of benzene rings is 1. The van der Waals surface area contributed by atoms with Crippen LogP contribution in [0.1, 0.15) is 29.1 Å². The zero-order valence-electron chi connectivity index (χ0n) is 14.1. The Hall–Kier alpha value is -2.41. The van der Waals surface area contributed by atoms with Crippen LogP contribution in [0.5, 0.6) is 5.75 Å². The smallest absolute Gasteiger partial charge is 0.251 e. The third-order valence-electron chi connectivity index (χ3n) is 3.44. The Morgan fingerprint density at radius 3 is 2.38 bits per heavy atom. The first kappa shape index (κ1) is 17.9. The number of hydrogen-bond donors (Lipinski definition) is 2. The summed E-state index contributed by atoms with van der Waals surface area (Å²) >= 11 is 1.39. The predicted molar refractivity (Wildman–Crippen MR) is 94.6 cm³/mol. The molecule has 0 radical (unpaired) electrons. The zero-order valence-corrected chi connectivity index (χ0v) is 14.9. The minimum Gasteiger partial charge on any atom is -0.497 e. The summed E-state index contributed by atoms with van der Waals surface area (Å²) < 4.78 is 5.07. The normalized spacial score (nSPS) is 11.9. The lowest BCUT2D eigenvalue weighted by atomic mass is 10.0. The average molecular weight is 347 g/mol. The molecule has 1 unspecified atom stereocenters. The van der Waals surface area contributed by atoms with Crippen molar-refractivity contribution >= 4 is 28.3 Å². The van der Waals surface area contributed by atoms with Crippen LogP contribution in [-0.2, 0) is 4.79 Å². The molecule has 0 aliphatic heterocycles. The maximum Gasteiger partial charge on any atom is 0.251 e. The van der Waals surface area contributed by atoms with Crippen LogP contribution in [0.4, 0.5) is 5.13 Å². The molecule has 24 heavy (non-hydrogen) atoms. The molecule has 1 heterocycles. The molecule has 1 aromatic carbocycles. The Labute approximate surface area is 145 Å². The van der Waals surface area contributed by atoms with E-state index in [-0.39, 0.29) is 17.7 Å². The Bertz CT molecular complexity index is 710. The van der Waals surface area contributed by atoms with Crippen LogP contribution in [0.3, 0.4) is 0 Å². The van der Waals surface area contributed by atoms with Gasteiger partial charge in [0.2, 0.25) is 5.91 Å². The maximum atomic E-state index is 12.5. The van der Waals surface area contributed by atoms with Crippen molar-refractivity contribution in [3.63, 3.8) is 0 Å². The standard InChI is InChI=1S/C17H21N3O3S/c1-10(2)14(16(22)20-17-18-9-11(3)24-17)19-15(21)12-5-7-13(23-4)8-6-12/h5-10,14H,1-4H3,(H,19,21)(H,18,20,22). The lowest BCUT2D eigenvalue weighted by Crippen LogP contribution is -2.47. The first-order valence-corrected chi connectivity index (χ1v) is 8.40. The molecule has 0 aliphatic rings. The summed E-state index contributed by atoms with van der Waals surface area (Å²) in [7, 11) is 1.56. The second-order valence-electron chi connectivity index (χ2n) is 5.69. The van der Waals surface area contributed by atoms with Crippen LogP contribution >= 0.6 is 11.3 Å². The lowest BCUT2D eigenvalue weighted by Gasteiger charge is -2.21. The molecule has 1 aromatic heterocycles. The number of rotatable bonds is 6. The second-order valence-corrected chi connectivity index (χ2v) is 6.92. The van der Waals surface area contributed by atoms with Crippen LogP contribution in [0.2, 0.25) is 0 Å². The van der Waals surface area contributed by atoms with E-state index in [9.17, 15) is 9.59 Å². The highest BCUT2D eigenvalue weighted by atomic mass is 32.1. The SMILES string of the molecule is COc1ccc(C(=O)NC(C(=O)Nc2ncc(C)s2)C(C)C)cc1. The number of aromatic nitrogens is 1. The van der Waals surface area contributed by atoms with Gasteiger partial charge in [0, 0.05) is 16.6 Å². The Morgan fingerprint density at radius 1 is 1.21 bits per heavy atom. The van der Waals surface area contributed by atoms with Crippen molar-refractivity contribution in [2.75, 3.05) is 12.4 Å². The van der Waals surface area contributed by atoms with Gasteiger partial charge in [0.1, 0.15) is 11.8 Å². The van der Waals surface area contributed by atoms with Crippen LogP contribution in [0, 0.1) is 12.8 Å². The summed E-state index contributed by atoms with van der Waals surface area (Å²) in [5, 5.41) is 6.06. The molecule has 0 aliphatic carbocycles. The van der Waals surface area contributed by atoms with E-state index in [1.807, 2.05) is 20.8 Å². The van der Waals surface area contributed by atoms with E-state index in [1.165, 1.54) is 11.3 Å². The molecule has 2 amide bonds. The van der Waals surface area contributed by atoms with Crippen LogP contribution in [0.15, 0.2) is 30.5 Å². The van der Waals surface area contributed by atoms with Gasteiger partial charge >= 0.3 is 0 Å². The quantitative estimate of drug-likeness (QED) is 0.842. The second kappa shape index (κ2) is 7.92. The summed E-state index contributed by atoms with van der Waals surface area (Å²) in [5.41, 5.74) is 0.472. The fraction of sp³-hybridized carbons (Fsp3) is 0.353. The zero-order chi connectivity index (χ0) is 17.7. The van der Waals surface area contributed by atoms with Crippen molar-refractivity contribution in [3.8, 4) is 5.75 Å². The Balaban J connectivity index is 2.06. The third kappa shape index (κ3) is 4.55. The van der Waals surface area contributed by atoms with E-state index in [4.69, 9.17) is 4.74 Å². The molecule has 0 fully saturated rings. The topological polar surface area (TPSA) is 80.3 Å². The number of nitrogens with zero attached hydrogens (tertiary/aromatic N) is 1. The summed E-state index contributed by atoms with van der Waals surface area (Å²) in [4.78, 5) is 29.9. The van der Waals surface area contributed by atoms with Crippen molar-refractivity contribution < 1.29 is 14.3 Å². The maximum absolute atomic E-state index is 12.5. The summed E-state index contributed by atoms with van der Waals surface area (Å²) in [6, 6.07) is 6.08. The molecule has 7 heteroatoms. The molecular formula is C17H21N3O3S. The van der Waals surface area contributed by atoms with Crippen molar-refractivity contribution in [3.05, 3.63) is 40.9 Å². The van der Waals surface area contributed by atoms with Crippen molar-refractivity contribution in [2.24, 2.45) is 5.92 Å². The Morgan fingerprint density at radius 2 is 1.88 bits per heavy atom. The van der Waals surface area contributed by atoms with Gasteiger partial charge in [-0.3, -0.25) is 9.59 Å². The van der Waals surface area contributed by atoms with Crippen LogP contribution < -0.4 is 15.4 Å². The molecule has 2 rings (SSSR count). The lowest BCUT2D eigenvalue weighted by molar-refractivity contribution is -0.118. The van der Waals surface area contributed by atoms with Crippen LogP contribution in [-0.4, -0.2) is 29.9 Å². The monoisotopic (exact) mass is 347 g/mol. The minimum absolute atomic E-state index is 0.0618. The number of thiazole rings is 1. The predicted octanol–water partition coefficient (Wildman–Crippen LogP) is 2.85. The summed E-state index contributed by atoms with van der Waals surface area (Å²) in [6.07, 6.45) is 1.70. The number of ether oxygens (including phenoxy) is 1. The highest BCUT2D eigenvalue weighted by molar-refractivity contribution is 7.15. The number of nitrogens with one attached hydrogen (secondary N) is 2. The number of aryl methyl sites for hydroxylation is 1. The van der Waals surface area contributed by atoms with Crippen molar-refractivity contribution in [1.82, 2.24) is 10.3 Å². The van der Waals surface area contributed by atoms with Gasteiger partial charge in [-0.15, -0.1) is 11.3 Å². The van der Waals surface area contributed by atoms with Gasteiger partial charge in [0.25, 0.3) is 5.91 Å². The molecule has 0 saturated heterocycles. The van der Waals surface area contributed by atoms with E-state index < -0.39 is 6.04 Å². The van der Waals surface area contributed by atoms with Gasteiger partial charge in [-0.05, 0) is 37.1 Å². The molecule has 0 bridgehead atoms. The van der Waals surface area contributed by atoms with Gasteiger partial charge in [-0.2, -0.15) is 0 Å². The molecule has 0 saturated carbocycles. The molecule has 2 N–H and O–H groups in total. The van der Waals surface area contributed by atoms with E-state index in [0.717, 1.165) is 4.88 Å². The van der Waals surface area contributed by atoms with Gasteiger partial charge in [-0.1, -0.05) is 13.8 Å². The van der Waals surface area contributed by atoms with E-state index in [1.54, 1.807) is 37.6 Å². The fourth-order valence-corrected chi connectivity index (χ4v) is 2.77. The van der Waals surface area contributed by atoms with Crippen LogP contribution in [0.25, 0.3) is 0 Å². The van der Waals surface area contributed by atoms with E-state index in [2.05, 4.69) is 15.6 Å². The highest BCUT2D eigenvalue weighted by Crippen LogP contribution is 2.18. The van der Waals surface area contributed by atoms with Crippen molar-refractivity contribution in [2.45, 2.75) is 26.8 Å². The van der Waals surface area contributed by atoms with E-state index >= 15 is 0 Å². The number of hydrogen-bond acceptors (Lipinski definition) is 5. The fourth-order valence-electron chi connectivity index (χ4n) is 2.10. The largest absolute Gasteiger partial charge is 0.497 e. The summed E-state index contributed by atoms with van der Waals surface area (Å²) in [5.74, 6) is 0.0279. The molecule has 2 aromatic rings. The first-order valence-electron chi connectivity index (χ1n) is 7.59. The van der Waals surface area contributed by atoms with E-state index in [0.29, 0.717) is 16.4 Å². The van der Waals surface area contributed by atoms with Gasteiger partial charge in [0.05, 0.1) is 7.11 Å². The molecule has 128 valence electrons. The molecular weight excluding hydrogens is 326 g/mol. The van der Waals surface area contributed by atoms with Crippen molar-refractivity contribution in [1.29, 1.82) is 0 Å². The Kier molecular flexibility index (Phi) is 5.92. The van der Waals surface area contributed by atoms with Gasteiger partial charge < -0.3 is 15.4 Å². The third-order valence-corrected chi connectivity index (χ3v) is 4.27. The molecule has 6 nitrogen and oxygen atoms in total. The summed E-state index contributed by atoms with van der Waals surface area (Å²) in [6.45, 7) is 5.68. The first-order chi connectivity index (χ1) is 11.4. The minimum atomic E-state index is -0.649. The number of carbonyl (C=O) groups excluding carboxylic acids is 2.